The van der Waals surface area contributed by atoms with Gasteiger partial charge in [0.1, 0.15) is 5.75 Å². The average molecular weight is 368 g/mol. The van der Waals surface area contributed by atoms with Gasteiger partial charge < -0.3 is 25.5 Å². The molecular formula is C20H24N4O3. The number of likely N-dealkylation sites (N-methyl/N-ethyl adjacent to an activating group) is 1. The quantitative estimate of drug-likeness (QED) is 0.570. The minimum atomic E-state index is -0.757. The summed E-state index contributed by atoms with van der Waals surface area (Å²) in [5, 5.41) is 14.6. The first-order chi connectivity index (χ1) is 12.9. The van der Waals surface area contributed by atoms with Crippen molar-refractivity contribution in [2.24, 2.45) is 0 Å². The van der Waals surface area contributed by atoms with Crippen LogP contribution in [0.4, 0.5) is 17.1 Å². The van der Waals surface area contributed by atoms with Crippen molar-refractivity contribution in [3.05, 3.63) is 48.0 Å². The summed E-state index contributed by atoms with van der Waals surface area (Å²) in [5.74, 6) is -1.39. The summed E-state index contributed by atoms with van der Waals surface area (Å²) in [6.45, 7) is 5.72. The minimum Gasteiger partial charge on any atom is -0.508 e. The molecule has 2 aromatic carbocycles. The zero-order valence-electron chi connectivity index (χ0n) is 15.5. The van der Waals surface area contributed by atoms with Crippen LogP contribution in [0.3, 0.4) is 0 Å². The molecule has 0 atom stereocenters. The fourth-order valence-electron chi connectivity index (χ4n) is 2.98. The van der Waals surface area contributed by atoms with Crippen LogP contribution in [0.2, 0.25) is 0 Å². The van der Waals surface area contributed by atoms with Crippen molar-refractivity contribution in [3.8, 4) is 5.75 Å². The van der Waals surface area contributed by atoms with E-state index < -0.39 is 11.8 Å². The molecule has 0 saturated carbocycles. The molecule has 7 heteroatoms. The number of phenols is 1. The Kier molecular flexibility index (Phi) is 5.61. The second-order valence-electron chi connectivity index (χ2n) is 6.74. The number of nitrogens with one attached hydrogen (secondary N) is 2. The number of anilines is 3. The van der Waals surface area contributed by atoms with Crippen molar-refractivity contribution < 1.29 is 14.7 Å². The van der Waals surface area contributed by atoms with Gasteiger partial charge in [-0.2, -0.15) is 0 Å². The molecule has 1 aliphatic rings. The maximum Gasteiger partial charge on any atom is 0.314 e. The Morgan fingerprint density at radius 3 is 2.19 bits per heavy atom. The molecule has 1 saturated heterocycles. The summed E-state index contributed by atoms with van der Waals surface area (Å²) in [7, 11) is 2.11. The maximum absolute atomic E-state index is 12.1. The number of hydrogen-bond donors (Lipinski definition) is 3. The lowest BCUT2D eigenvalue weighted by molar-refractivity contribution is -0.133. The van der Waals surface area contributed by atoms with Gasteiger partial charge in [0.15, 0.2) is 0 Å². The lowest BCUT2D eigenvalue weighted by Crippen LogP contribution is -2.44. The number of benzene rings is 2. The Bertz CT molecular complexity index is 828. The van der Waals surface area contributed by atoms with Gasteiger partial charge in [0, 0.05) is 43.2 Å². The standard InChI is InChI=1S/C20H24N4O3/c1-14-13-17(25)7-8-18(14)22-20(27)19(26)21-15-3-5-16(6-4-15)24-11-9-23(2)10-12-24/h3-8,13,25H,9-12H2,1-2H3,(H,21,26)(H,22,27). The van der Waals surface area contributed by atoms with E-state index in [1.54, 1.807) is 25.1 Å². The first kappa shape index (κ1) is 18.7. The zero-order valence-corrected chi connectivity index (χ0v) is 15.5. The molecule has 0 bridgehead atoms. The van der Waals surface area contributed by atoms with E-state index in [0.29, 0.717) is 16.9 Å². The van der Waals surface area contributed by atoms with Crippen molar-refractivity contribution in [2.45, 2.75) is 6.92 Å². The molecule has 1 aliphatic heterocycles. The molecule has 1 heterocycles. The fourth-order valence-corrected chi connectivity index (χ4v) is 2.98. The molecule has 142 valence electrons. The Hall–Kier alpha value is -3.06. The van der Waals surface area contributed by atoms with Crippen molar-refractivity contribution in [1.29, 1.82) is 0 Å². The zero-order chi connectivity index (χ0) is 19.4. The number of piperazine rings is 1. The van der Waals surface area contributed by atoms with Crippen LogP contribution >= 0.6 is 0 Å². The molecular weight excluding hydrogens is 344 g/mol. The second-order valence-corrected chi connectivity index (χ2v) is 6.74. The number of hydrogen-bond acceptors (Lipinski definition) is 5. The number of carbonyl (C=O) groups is 2. The topological polar surface area (TPSA) is 84.9 Å². The molecule has 1 fully saturated rings. The van der Waals surface area contributed by atoms with E-state index in [9.17, 15) is 14.7 Å². The predicted octanol–water partition coefficient (Wildman–Crippen LogP) is 2.03. The largest absolute Gasteiger partial charge is 0.508 e. The minimum absolute atomic E-state index is 0.107. The highest BCUT2D eigenvalue weighted by atomic mass is 16.3. The fraction of sp³-hybridized carbons (Fsp3) is 0.300. The van der Waals surface area contributed by atoms with Crippen LogP contribution in [0.25, 0.3) is 0 Å². The van der Waals surface area contributed by atoms with Crippen LogP contribution in [0.1, 0.15) is 5.56 Å². The van der Waals surface area contributed by atoms with Crippen LogP contribution in [0, 0.1) is 6.92 Å². The normalized spacial score (nSPS) is 14.7. The van der Waals surface area contributed by atoms with Crippen molar-refractivity contribution in [1.82, 2.24) is 4.90 Å². The van der Waals surface area contributed by atoms with E-state index in [0.717, 1.165) is 31.9 Å². The lowest BCUT2D eigenvalue weighted by atomic mass is 10.2. The Labute approximate surface area is 158 Å². The number of aryl methyl sites for hydroxylation is 1. The van der Waals surface area contributed by atoms with Crippen LogP contribution < -0.4 is 15.5 Å². The molecule has 0 unspecified atom stereocenters. The van der Waals surface area contributed by atoms with Gasteiger partial charge in [0.05, 0.1) is 0 Å². The van der Waals surface area contributed by atoms with Gasteiger partial charge in [-0.15, -0.1) is 0 Å². The molecule has 0 radical (unpaired) electrons. The molecule has 3 N–H and O–H groups in total. The number of rotatable bonds is 3. The molecule has 3 rings (SSSR count). The van der Waals surface area contributed by atoms with E-state index in [1.165, 1.54) is 12.1 Å². The number of carbonyl (C=O) groups excluding carboxylic acids is 2. The van der Waals surface area contributed by atoms with E-state index in [-0.39, 0.29) is 5.75 Å². The van der Waals surface area contributed by atoms with Gasteiger partial charge in [-0.1, -0.05) is 0 Å². The number of amides is 2. The molecule has 2 aromatic rings. The van der Waals surface area contributed by atoms with Crippen LogP contribution in [-0.4, -0.2) is 55.0 Å². The summed E-state index contributed by atoms with van der Waals surface area (Å²) >= 11 is 0. The van der Waals surface area contributed by atoms with Gasteiger partial charge in [-0.05, 0) is 62.0 Å². The summed E-state index contributed by atoms with van der Waals surface area (Å²) in [6, 6.07) is 12.0. The van der Waals surface area contributed by atoms with Gasteiger partial charge in [0.2, 0.25) is 0 Å². The van der Waals surface area contributed by atoms with E-state index in [4.69, 9.17) is 0 Å². The van der Waals surface area contributed by atoms with Gasteiger partial charge in [-0.25, -0.2) is 0 Å². The maximum atomic E-state index is 12.1. The number of phenolic OH excluding ortho intramolecular Hbond substituents is 1. The predicted molar refractivity (Wildman–Crippen MR) is 106 cm³/mol. The van der Waals surface area contributed by atoms with Crippen molar-refractivity contribution in [3.63, 3.8) is 0 Å². The number of nitrogens with zero attached hydrogens (tertiary/aromatic N) is 2. The highest BCUT2D eigenvalue weighted by Crippen LogP contribution is 2.21. The van der Waals surface area contributed by atoms with E-state index in [1.807, 2.05) is 12.1 Å². The third-order valence-electron chi connectivity index (χ3n) is 4.66. The lowest BCUT2D eigenvalue weighted by Gasteiger charge is -2.34. The Morgan fingerprint density at radius 1 is 0.926 bits per heavy atom. The first-order valence-electron chi connectivity index (χ1n) is 8.88. The van der Waals surface area contributed by atoms with Gasteiger partial charge in [0.25, 0.3) is 0 Å². The monoisotopic (exact) mass is 368 g/mol. The molecule has 7 nitrogen and oxygen atoms in total. The smallest absolute Gasteiger partial charge is 0.314 e. The molecule has 0 aliphatic carbocycles. The van der Waals surface area contributed by atoms with Crippen LogP contribution in [0.15, 0.2) is 42.5 Å². The first-order valence-corrected chi connectivity index (χ1v) is 8.88. The third-order valence-corrected chi connectivity index (χ3v) is 4.66. The summed E-state index contributed by atoms with van der Waals surface area (Å²) < 4.78 is 0. The second kappa shape index (κ2) is 8.09. The van der Waals surface area contributed by atoms with E-state index >= 15 is 0 Å². The SMILES string of the molecule is Cc1cc(O)ccc1NC(=O)C(=O)Nc1ccc(N2CCN(C)CC2)cc1. The average Bonchev–Trinajstić information content (AvgIpc) is 2.65. The Balaban J connectivity index is 1.57. The Morgan fingerprint density at radius 2 is 1.56 bits per heavy atom. The van der Waals surface area contributed by atoms with Crippen molar-refractivity contribution in [2.75, 3.05) is 48.8 Å². The molecule has 2 amide bonds. The summed E-state index contributed by atoms with van der Waals surface area (Å²) in [6.07, 6.45) is 0. The van der Waals surface area contributed by atoms with Crippen LogP contribution in [0.5, 0.6) is 5.75 Å². The van der Waals surface area contributed by atoms with E-state index in [2.05, 4.69) is 27.5 Å². The number of aromatic hydroxyl groups is 1. The summed E-state index contributed by atoms with van der Waals surface area (Å²) in [5.41, 5.74) is 2.83. The highest BCUT2D eigenvalue weighted by molar-refractivity contribution is 6.43. The summed E-state index contributed by atoms with van der Waals surface area (Å²) in [4.78, 5) is 28.8. The van der Waals surface area contributed by atoms with Crippen LogP contribution in [-0.2, 0) is 9.59 Å². The third kappa shape index (κ3) is 4.77. The molecule has 0 aromatic heterocycles. The molecule has 27 heavy (non-hydrogen) atoms. The van der Waals surface area contributed by atoms with Gasteiger partial charge in [-0.3, -0.25) is 9.59 Å². The molecule has 0 spiro atoms. The van der Waals surface area contributed by atoms with Gasteiger partial charge >= 0.3 is 11.8 Å². The highest BCUT2D eigenvalue weighted by Gasteiger charge is 2.17. The van der Waals surface area contributed by atoms with Crippen molar-refractivity contribution >= 4 is 28.9 Å².